The highest BCUT2D eigenvalue weighted by Crippen LogP contribution is 2.39. The van der Waals surface area contributed by atoms with Crippen molar-refractivity contribution in [3.05, 3.63) is 29.0 Å². The number of hydrogen-bond acceptors (Lipinski definition) is 2. The summed E-state index contributed by atoms with van der Waals surface area (Å²) in [6.07, 6.45) is 7.60. The van der Waals surface area contributed by atoms with E-state index in [9.17, 15) is 0 Å². The minimum atomic E-state index is 0.660. The highest BCUT2D eigenvalue weighted by atomic mass is 35.5. The molecule has 2 heterocycles. The van der Waals surface area contributed by atoms with Crippen molar-refractivity contribution in [3.63, 3.8) is 0 Å². The molecule has 1 aliphatic carbocycles. The van der Waals surface area contributed by atoms with Crippen LogP contribution in [0.1, 0.15) is 44.0 Å². The Kier molecular flexibility index (Phi) is 3.64. The maximum absolute atomic E-state index is 6.17. The summed E-state index contributed by atoms with van der Waals surface area (Å²) in [6.45, 7) is 2.37. The van der Waals surface area contributed by atoms with Crippen LogP contribution in [0.2, 0.25) is 5.02 Å². The quantitative estimate of drug-likeness (QED) is 0.926. The van der Waals surface area contributed by atoms with Crippen molar-refractivity contribution < 1.29 is 0 Å². The Labute approximate surface area is 130 Å². The molecule has 1 aliphatic heterocycles. The maximum atomic E-state index is 6.17. The molecule has 1 aromatic carbocycles. The fraction of sp³-hybridized carbons (Fsp3) is 0.588. The Morgan fingerprint density at radius 2 is 2.19 bits per heavy atom. The molecule has 1 atom stereocenters. The van der Waals surface area contributed by atoms with Crippen LogP contribution in [0.25, 0.3) is 11.0 Å². The minimum absolute atomic E-state index is 0.660. The number of benzene rings is 1. The molecule has 1 aromatic heterocycles. The summed E-state index contributed by atoms with van der Waals surface area (Å²) in [6, 6.07) is 6.74. The van der Waals surface area contributed by atoms with Gasteiger partial charge in [0.05, 0.1) is 11.0 Å². The van der Waals surface area contributed by atoms with Gasteiger partial charge in [-0.15, -0.1) is 0 Å². The Morgan fingerprint density at radius 1 is 1.29 bits per heavy atom. The van der Waals surface area contributed by atoms with E-state index in [1.165, 1.54) is 56.5 Å². The lowest BCUT2D eigenvalue weighted by Crippen LogP contribution is -2.30. The normalized spacial score (nSPS) is 22.8. The molecule has 4 rings (SSSR count). The second kappa shape index (κ2) is 5.62. The molecule has 3 nitrogen and oxygen atoms in total. The standard InChI is InChI=1S/C17H22ClN3/c18-13-4-7-15-16(10-13)21(14-5-6-14)17(20-15)8-3-12-2-1-9-19-11-12/h4,7,10,12,14,19H,1-3,5-6,8-9,11H2. The first kappa shape index (κ1) is 13.6. The molecule has 0 radical (unpaired) electrons. The van der Waals surface area contributed by atoms with Gasteiger partial charge < -0.3 is 9.88 Å². The number of piperidine rings is 1. The van der Waals surface area contributed by atoms with Gasteiger partial charge in [-0.2, -0.15) is 0 Å². The average molecular weight is 304 g/mol. The Bertz CT molecular complexity index is 639. The van der Waals surface area contributed by atoms with Crippen LogP contribution in [-0.2, 0) is 6.42 Å². The molecule has 0 amide bonds. The van der Waals surface area contributed by atoms with Gasteiger partial charge in [-0.05, 0) is 69.3 Å². The molecule has 0 spiro atoms. The van der Waals surface area contributed by atoms with E-state index in [-0.39, 0.29) is 0 Å². The van der Waals surface area contributed by atoms with Gasteiger partial charge in [0.1, 0.15) is 5.82 Å². The highest BCUT2D eigenvalue weighted by Gasteiger charge is 2.28. The van der Waals surface area contributed by atoms with E-state index in [0.29, 0.717) is 6.04 Å². The smallest absolute Gasteiger partial charge is 0.110 e. The summed E-state index contributed by atoms with van der Waals surface area (Å²) in [5.41, 5.74) is 2.32. The molecule has 2 aliphatic rings. The molecule has 2 fully saturated rings. The number of halogens is 1. The van der Waals surface area contributed by atoms with Gasteiger partial charge in [-0.1, -0.05) is 11.6 Å². The van der Waals surface area contributed by atoms with E-state index in [1.54, 1.807) is 0 Å². The molecule has 21 heavy (non-hydrogen) atoms. The summed E-state index contributed by atoms with van der Waals surface area (Å²) < 4.78 is 2.46. The number of aromatic nitrogens is 2. The molecule has 1 saturated heterocycles. The van der Waals surface area contributed by atoms with Crippen molar-refractivity contribution in [2.75, 3.05) is 13.1 Å². The zero-order valence-electron chi connectivity index (χ0n) is 12.3. The predicted octanol–water partition coefficient (Wildman–Crippen LogP) is 3.96. The van der Waals surface area contributed by atoms with Crippen molar-refractivity contribution in [3.8, 4) is 0 Å². The molecule has 4 heteroatoms. The van der Waals surface area contributed by atoms with E-state index in [4.69, 9.17) is 16.6 Å². The zero-order chi connectivity index (χ0) is 14.2. The molecule has 0 bridgehead atoms. The van der Waals surface area contributed by atoms with Gasteiger partial charge in [0, 0.05) is 17.5 Å². The summed E-state index contributed by atoms with van der Waals surface area (Å²) >= 11 is 6.17. The lowest BCUT2D eigenvalue weighted by atomic mass is 9.94. The van der Waals surface area contributed by atoms with E-state index >= 15 is 0 Å². The highest BCUT2D eigenvalue weighted by molar-refractivity contribution is 6.31. The molecule has 112 valence electrons. The van der Waals surface area contributed by atoms with Gasteiger partial charge in [0.25, 0.3) is 0 Å². The number of rotatable bonds is 4. The molecule has 1 saturated carbocycles. The van der Waals surface area contributed by atoms with Crippen LogP contribution in [0, 0.1) is 5.92 Å². The Hall–Kier alpha value is -1.06. The number of hydrogen-bond donors (Lipinski definition) is 1. The number of nitrogens with one attached hydrogen (secondary N) is 1. The topological polar surface area (TPSA) is 29.9 Å². The third-order valence-corrected chi connectivity index (χ3v) is 5.05. The van der Waals surface area contributed by atoms with Crippen molar-refractivity contribution >= 4 is 22.6 Å². The van der Waals surface area contributed by atoms with Crippen molar-refractivity contribution in [1.29, 1.82) is 0 Å². The maximum Gasteiger partial charge on any atom is 0.110 e. The van der Waals surface area contributed by atoms with Crippen LogP contribution in [0.3, 0.4) is 0 Å². The summed E-state index contributed by atoms with van der Waals surface area (Å²) in [5, 5.41) is 4.32. The third kappa shape index (κ3) is 2.82. The molecular formula is C17H22ClN3. The second-order valence-electron chi connectivity index (χ2n) is 6.51. The molecule has 2 aromatic rings. The first-order valence-electron chi connectivity index (χ1n) is 8.18. The summed E-state index contributed by atoms with van der Waals surface area (Å²) in [4.78, 5) is 4.88. The van der Waals surface area contributed by atoms with E-state index in [0.717, 1.165) is 22.9 Å². The fourth-order valence-corrected chi connectivity index (χ4v) is 3.70. The number of fused-ring (bicyclic) bond motifs is 1. The third-order valence-electron chi connectivity index (χ3n) is 4.81. The molecule has 1 N–H and O–H groups in total. The van der Waals surface area contributed by atoms with Gasteiger partial charge in [-0.3, -0.25) is 0 Å². The number of aryl methyl sites for hydroxylation is 1. The lowest BCUT2D eigenvalue weighted by molar-refractivity contribution is 0.354. The fourth-order valence-electron chi connectivity index (χ4n) is 3.54. The monoisotopic (exact) mass is 303 g/mol. The second-order valence-corrected chi connectivity index (χ2v) is 6.95. The summed E-state index contributed by atoms with van der Waals surface area (Å²) in [5.74, 6) is 2.08. The largest absolute Gasteiger partial charge is 0.325 e. The number of imidazole rings is 1. The van der Waals surface area contributed by atoms with Crippen LogP contribution in [-0.4, -0.2) is 22.6 Å². The Morgan fingerprint density at radius 3 is 2.95 bits per heavy atom. The van der Waals surface area contributed by atoms with Crippen LogP contribution >= 0.6 is 11.6 Å². The van der Waals surface area contributed by atoms with Gasteiger partial charge in [0.15, 0.2) is 0 Å². The predicted molar refractivity (Wildman–Crippen MR) is 86.9 cm³/mol. The summed E-state index contributed by atoms with van der Waals surface area (Å²) in [7, 11) is 0. The Balaban J connectivity index is 1.59. The van der Waals surface area contributed by atoms with E-state index < -0.39 is 0 Å². The average Bonchev–Trinajstić information content (AvgIpc) is 3.28. The van der Waals surface area contributed by atoms with Crippen LogP contribution in [0.5, 0.6) is 0 Å². The van der Waals surface area contributed by atoms with E-state index in [1.807, 2.05) is 6.07 Å². The van der Waals surface area contributed by atoms with Gasteiger partial charge >= 0.3 is 0 Å². The molecule has 1 unspecified atom stereocenters. The van der Waals surface area contributed by atoms with E-state index in [2.05, 4.69) is 22.0 Å². The van der Waals surface area contributed by atoms with Crippen LogP contribution < -0.4 is 5.32 Å². The molecular weight excluding hydrogens is 282 g/mol. The minimum Gasteiger partial charge on any atom is -0.325 e. The SMILES string of the molecule is Clc1ccc2nc(CCC3CCCNC3)n(C3CC3)c2c1. The van der Waals surface area contributed by atoms with Crippen LogP contribution in [0.15, 0.2) is 18.2 Å². The first-order valence-corrected chi connectivity index (χ1v) is 8.56. The van der Waals surface area contributed by atoms with Crippen molar-refractivity contribution in [2.45, 2.75) is 44.6 Å². The van der Waals surface area contributed by atoms with Gasteiger partial charge in [0.2, 0.25) is 0 Å². The van der Waals surface area contributed by atoms with Crippen molar-refractivity contribution in [2.24, 2.45) is 5.92 Å². The first-order chi connectivity index (χ1) is 10.3. The van der Waals surface area contributed by atoms with Crippen LogP contribution in [0.4, 0.5) is 0 Å². The lowest BCUT2D eigenvalue weighted by Gasteiger charge is -2.22. The van der Waals surface area contributed by atoms with Gasteiger partial charge in [-0.25, -0.2) is 4.98 Å². The zero-order valence-corrected chi connectivity index (χ0v) is 13.1. The number of nitrogens with zero attached hydrogens (tertiary/aromatic N) is 2. The van der Waals surface area contributed by atoms with Crippen molar-refractivity contribution in [1.82, 2.24) is 14.9 Å².